The molecule has 2 aromatic carbocycles. The first-order valence-electron chi connectivity index (χ1n) is 7.28. The van der Waals surface area contributed by atoms with Crippen LogP contribution < -0.4 is 5.32 Å². The molecule has 0 saturated carbocycles. The molecule has 1 aromatic heterocycles. The topological polar surface area (TPSA) is 62.2 Å². The maximum absolute atomic E-state index is 11.9. The zero-order valence-corrected chi connectivity index (χ0v) is 14.1. The molecule has 1 amide bonds. The van der Waals surface area contributed by atoms with Crippen molar-refractivity contribution in [3.63, 3.8) is 0 Å². The van der Waals surface area contributed by atoms with Crippen LogP contribution in [0, 0.1) is 0 Å². The quantitative estimate of drug-likeness (QED) is 0.690. The molecule has 3 rings (SSSR count). The summed E-state index contributed by atoms with van der Waals surface area (Å²) >= 11 is 12.0. The van der Waals surface area contributed by atoms with Gasteiger partial charge in [-0.3, -0.25) is 9.78 Å². The molecule has 24 heavy (non-hydrogen) atoms. The first-order valence-corrected chi connectivity index (χ1v) is 8.19. The molecular weight excluding hydrogens is 347 g/mol. The Kier molecular flexibility index (Phi) is 4.88. The Morgan fingerprint density at radius 1 is 1.21 bits per heavy atom. The second kappa shape index (κ2) is 7.07. The predicted octanol–water partition coefficient (Wildman–Crippen LogP) is 4.04. The zero-order valence-electron chi connectivity index (χ0n) is 12.5. The van der Waals surface area contributed by atoms with Gasteiger partial charge in [-0.1, -0.05) is 41.9 Å². The van der Waals surface area contributed by atoms with Crippen LogP contribution in [0.25, 0.3) is 10.9 Å². The summed E-state index contributed by atoms with van der Waals surface area (Å²) in [6, 6.07) is 13.9. The first-order chi connectivity index (χ1) is 11.6. The summed E-state index contributed by atoms with van der Waals surface area (Å²) in [5.74, 6) is -0.537. The number of nitrogens with one attached hydrogen (secondary N) is 1. The van der Waals surface area contributed by atoms with Crippen molar-refractivity contribution in [1.29, 1.82) is 0 Å². The van der Waals surface area contributed by atoms with Crippen LogP contribution >= 0.6 is 23.2 Å². The van der Waals surface area contributed by atoms with Gasteiger partial charge in [-0.25, -0.2) is 0 Å². The fourth-order valence-electron chi connectivity index (χ4n) is 2.61. The average molecular weight is 361 g/mol. The number of amides is 1. The number of phenolic OH excluding ortho intramolecular Hbond substituents is 1. The summed E-state index contributed by atoms with van der Waals surface area (Å²) in [5, 5.41) is 14.6. The summed E-state index contributed by atoms with van der Waals surface area (Å²) in [6.07, 6.45) is 1.58. The summed E-state index contributed by atoms with van der Waals surface area (Å²) in [7, 11) is 0. The molecule has 4 nitrogen and oxygen atoms in total. The average Bonchev–Trinajstić information content (AvgIpc) is 2.63. The second-order valence-electron chi connectivity index (χ2n) is 5.24. The van der Waals surface area contributed by atoms with Gasteiger partial charge in [-0.15, -0.1) is 11.6 Å². The van der Waals surface area contributed by atoms with Crippen molar-refractivity contribution in [2.45, 2.75) is 6.04 Å². The number of aromatic hydroxyl groups is 1. The zero-order chi connectivity index (χ0) is 17.1. The van der Waals surface area contributed by atoms with Gasteiger partial charge in [-0.2, -0.15) is 0 Å². The van der Waals surface area contributed by atoms with E-state index in [0.717, 1.165) is 5.56 Å². The van der Waals surface area contributed by atoms with Crippen LogP contribution in [0.15, 0.2) is 54.7 Å². The van der Waals surface area contributed by atoms with Crippen molar-refractivity contribution < 1.29 is 9.90 Å². The lowest BCUT2D eigenvalue weighted by Crippen LogP contribution is -2.30. The van der Waals surface area contributed by atoms with Gasteiger partial charge in [0, 0.05) is 17.1 Å². The highest BCUT2D eigenvalue weighted by Crippen LogP contribution is 2.38. The van der Waals surface area contributed by atoms with E-state index in [0.29, 0.717) is 21.5 Å². The molecule has 0 saturated heterocycles. The smallest absolute Gasteiger partial charge is 0.235 e. The number of fused-ring (bicyclic) bond motifs is 1. The highest BCUT2D eigenvalue weighted by Gasteiger charge is 2.22. The van der Waals surface area contributed by atoms with Crippen LogP contribution in [0.5, 0.6) is 5.75 Å². The van der Waals surface area contributed by atoms with Crippen LogP contribution in [0.4, 0.5) is 0 Å². The van der Waals surface area contributed by atoms with Gasteiger partial charge < -0.3 is 10.4 Å². The molecule has 2 N–H and O–H groups in total. The number of benzene rings is 2. The van der Waals surface area contributed by atoms with E-state index < -0.39 is 6.04 Å². The van der Waals surface area contributed by atoms with Gasteiger partial charge in [0.2, 0.25) is 5.91 Å². The van der Waals surface area contributed by atoms with E-state index in [1.54, 1.807) is 24.4 Å². The minimum atomic E-state index is -0.582. The van der Waals surface area contributed by atoms with E-state index in [-0.39, 0.29) is 17.5 Å². The van der Waals surface area contributed by atoms with Gasteiger partial charge in [0.05, 0.1) is 11.1 Å². The number of alkyl halides is 1. The summed E-state index contributed by atoms with van der Waals surface area (Å²) in [6.45, 7) is 0. The number of halogens is 2. The molecule has 6 heteroatoms. The largest absolute Gasteiger partial charge is 0.505 e. The van der Waals surface area contributed by atoms with Crippen LogP contribution in [0.1, 0.15) is 17.2 Å². The highest BCUT2D eigenvalue weighted by molar-refractivity contribution is 6.35. The molecule has 0 aliphatic heterocycles. The Morgan fingerprint density at radius 2 is 1.96 bits per heavy atom. The normalized spacial score (nSPS) is 12.1. The van der Waals surface area contributed by atoms with Gasteiger partial charge in [0.1, 0.15) is 17.1 Å². The minimum absolute atomic E-state index is 0.0151. The lowest BCUT2D eigenvalue weighted by atomic mass is 9.96. The number of pyridine rings is 1. The number of hydrogen-bond acceptors (Lipinski definition) is 3. The van der Waals surface area contributed by atoms with Crippen LogP contribution in [0.3, 0.4) is 0 Å². The Balaban J connectivity index is 2.19. The monoisotopic (exact) mass is 360 g/mol. The predicted molar refractivity (Wildman–Crippen MR) is 95.6 cm³/mol. The number of carbonyl (C=O) groups is 1. The molecule has 1 atom stereocenters. The molecular formula is C18H14Cl2N2O2. The molecule has 1 unspecified atom stereocenters. The van der Waals surface area contributed by atoms with E-state index in [9.17, 15) is 9.90 Å². The molecule has 3 aromatic rings. The summed E-state index contributed by atoms with van der Waals surface area (Å²) in [5.41, 5.74) is 1.66. The van der Waals surface area contributed by atoms with E-state index in [1.165, 1.54) is 0 Å². The van der Waals surface area contributed by atoms with Crippen LogP contribution in [-0.2, 0) is 4.79 Å². The third-order valence-electron chi connectivity index (χ3n) is 3.72. The standard InChI is InChI=1S/C18H14Cl2N2O2/c19-10-15(23)22-16(11-5-2-1-3-6-11)13-9-14(20)12-7-4-8-21-17(12)18(13)24/h1-9,16,24H,10H2,(H,22,23). The van der Waals surface area contributed by atoms with E-state index in [4.69, 9.17) is 23.2 Å². The van der Waals surface area contributed by atoms with Crippen LogP contribution in [-0.4, -0.2) is 21.9 Å². The lowest BCUT2D eigenvalue weighted by molar-refractivity contribution is -0.119. The van der Waals surface area contributed by atoms with Gasteiger partial charge in [-0.05, 0) is 23.8 Å². The Labute approximate surface area is 149 Å². The third kappa shape index (κ3) is 3.16. The van der Waals surface area contributed by atoms with E-state index in [1.807, 2.05) is 30.3 Å². The number of carbonyl (C=O) groups excluding carboxylic acids is 1. The summed E-state index contributed by atoms with van der Waals surface area (Å²) < 4.78 is 0. The SMILES string of the molecule is O=C(CCl)NC(c1ccccc1)c1cc(Cl)c2cccnc2c1O. The van der Waals surface area contributed by atoms with Crippen molar-refractivity contribution in [2.75, 3.05) is 5.88 Å². The minimum Gasteiger partial charge on any atom is -0.505 e. The van der Waals surface area contributed by atoms with Gasteiger partial charge in [0.15, 0.2) is 0 Å². The maximum atomic E-state index is 11.9. The number of aromatic nitrogens is 1. The van der Waals surface area contributed by atoms with Crippen LogP contribution in [0.2, 0.25) is 5.02 Å². The Morgan fingerprint density at radius 3 is 2.67 bits per heavy atom. The molecule has 0 fully saturated rings. The number of rotatable bonds is 4. The van der Waals surface area contributed by atoms with Crippen molar-refractivity contribution in [1.82, 2.24) is 10.3 Å². The third-order valence-corrected chi connectivity index (χ3v) is 4.27. The van der Waals surface area contributed by atoms with Gasteiger partial charge >= 0.3 is 0 Å². The maximum Gasteiger partial charge on any atom is 0.235 e. The molecule has 0 aliphatic rings. The van der Waals surface area contributed by atoms with Gasteiger partial charge in [0.25, 0.3) is 0 Å². The van der Waals surface area contributed by atoms with Crippen molar-refractivity contribution in [2.24, 2.45) is 0 Å². The molecule has 0 spiro atoms. The fourth-order valence-corrected chi connectivity index (χ4v) is 2.96. The molecule has 1 heterocycles. The molecule has 0 bridgehead atoms. The summed E-state index contributed by atoms with van der Waals surface area (Å²) in [4.78, 5) is 16.1. The number of nitrogens with zero attached hydrogens (tertiary/aromatic N) is 1. The lowest BCUT2D eigenvalue weighted by Gasteiger charge is -2.21. The second-order valence-corrected chi connectivity index (χ2v) is 5.92. The number of phenols is 1. The van der Waals surface area contributed by atoms with Crippen molar-refractivity contribution in [3.05, 3.63) is 70.9 Å². The van der Waals surface area contributed by atoms with E-state index >= 15 is 0 Å². The number of hydrogen-bond donors (Lipinski definition) is 2. The van der Waals surface area contributed by atoms with Crippen molar-refractivity contribution in [3.8, 4) is 5.75 Å². The van der Waals surface area contributed by atoms with Crippen molar-refractivity contribution >= 4 is 40.0 Å². The molecule has 122 valence electrons. The first kappa shape index (κ1) is 16.6. The molecule has 0 radical (unpaired) electrons. The van der Waals surface area contributed by atoms with E-state index in [2.05, 4.69) is 10.3 Å². The fraction of sp³-hybridized carbons (Fsp3) is 0.111. The Bertz CT molecular complexity index is 885. The molecule has 0 aliphatic carbocycles. The highest BCUT2D eigenvalue weighted by atomic mass is 35.5. The Hall–Kier alpha value is -2.30.